The molecular formula is C16H9Cl2FO3. The van der Waals surface area contributed by atoms with Crippen molar-refractivity contribution in [3.05, 3.63) is 69.0 Å². The summed E-state index contributed by atoms with van der Waals surface area (Å²) in [5.41, 5.74) is 1.04. The highest BCUT2D eigenvalue weighted by molar-refractivity contribution is 6.36. The van der Waals surface area contributed by atoms with Crippen LogP contribution in [0.2, 0.25) is 10.0 Å². The molecule has 1 aliphatic heterocycles. The zero-order valence-electron chi connectivity index (χ0n) is 11.0. The summed E-state index contributed by atoms with van der Waals surface area (Å²) in [5.74, 6) is -1.19. The second-order valence-corrected chi connectivity index (χ2v) is 5.60. The van der Waals surface area contributed by atoms with Gasteiger partial charge in [0, 0.05) is 10.6 Å². The number of halogens is 3. The molecule has 0 bridgehead atoms. The Morgan fingerprint density at radius 3 is 2.50 bits per heavy atom. The molecule has 0 radical (unpaired) electrons. The van der Waals surface area contributed by atoms with Gasteiger partial charge in [0.05, 0.1) is 10.6 Å². The first-order chi connectivity index (χ1) is 10.5. The van der Waals surface area contributed by atoms with Crippen LogP contribution in [-0.2, 0) is 4.79 Å². The van der Waals surface area contributed by atoms with Gasteiger partial charge in [0.2, 0.25) is 0 Å². The molecule has 0 aliphatic carbocycles. The van der Waals surface area contributed by atoms with Gasteiger partial charge >= 0.3 is 5.97 Å². The molecule has 1 heterocycles. The Bertz CT molecular complexity index is 785. The Kier molecular flexibility index (Phi) is 3.81. The standard InChI is InChI=1S/C16H9Cl2FO3/c17-10-5-9-6-12(16(20)21)14(22-15(9)13(18)7-10)8-1-3-11(19)4-2-8/h1-7,14H,(H,20,21). The largest absolute Gasteiger partial charge is 0.479 e. The molecule has 22 heavy (non-hydrogen) atoms. The summed E-state index contributed by atoms with van der Waals surface area (Å²) in [6.45, 7) is 0. The first kappa shape index (κ1) is 14.9. The molecule has 1 N–H and O–H groups in total. The van der Waals surface area contributed by atoms with E-state index in [1.165, 1.54) is 36.4 Å². The molecule has 6 heteroatoms. The van der Waals surface area contributed by atoms with Gasteiger partial charge in [-0.1, -0.05) is 35.3 Å². The molecule has 1 unspecified atom stereocenters. The van der Waals surface area contributed by atoms with Crippen LogP contribution in [-0.4, -0.2) is 11.1 Å². The molecular weight excluding hydrogens is 330 g/mol. The van der Waals surface area contributed by atoms with Crippen molar-refractivity contribution in [3.63, 3.8) is 0 Å². The number of carboxylic acids is 1. The summed E-state index contributed by atoms with van der Waals surface area (Å²) in [4.78, 5) is 11.5. The van der Waals surface area contributed by atoms with Crippen molar-refractivity contribution in [1.82, 2.24) is 0 Å². The van der Waals surface area contributed by atoms with Gasteiger partial charge in [-0.15, -0.1) is 0 Å². The van der Waals surface area contributed by atoms with Crippen LogP contribution in [0.5, 0.6) is 5.75 Å². The fraction of sp³-hybridized carbons (Fsp3) is 0.0625. The van der Waals surface area contributed by atoms with Gasteiger partial charge in [-0.05, 0) is 35.9 Å². The van der Waals surface area contributed by atoms with E-state index in [0.29, 0.717) is 21.9 Å². The van der Waals surface area contributed by atoms with Crippen molar-refractivity contribution in [3.8, 4) is 5.75 Å². The number of rotatable bonds is 2. The third kappa shape index (κ3) is 2.67. The van der Waals surface area contributed by atoms with Crippen LogP contribution in [0, 0.1) is 5.82 Å². The normalized spacial score (nSPS) is 16.5. The van der Waals surface area contributed by atoms with Crippen LogP contribution in [0.15, 0.2) is 42.0 Å². The first-order valence-corrected chi connectivity index (χ1v) is 7.07. The maximum Gasteiger partial charge on any atom is 0.335 e. The van der Waals surface area contributed by atoms with E-state index in [4.69, 9.17) is 27.9 Å². The molecule has 1 aliphatic rings. The lowest BCUT2D eigenvalue weighted by molar-refractivity contribution is -0.133. The van der Waals surface area contributed by atoms with Gasteiger partial charge in [-0.25, -0.2) is 9.18 Å². The summed E-state index contributed by atoms with van der Waals surface area (Å²) in [7, 11) is 0. The van der Waals surface area contributed by atoms with Crippen LogP contribution in [0.25, 0.3) is 6.08 Å². The second kappa shape index (κ2) is 5.63. The highest BCUT2D eigenvalue weighted by Crippen LogP contribution is 2.42. The van der Waals surface area contributed by atoms with E-state index in [9.17, 15) is 14.3 Å². The SMILES string of the molecule is O=C(O)C1=Cc2cc(Cl)cc(Cl)c2OC1c1ccc(F)cc1. The summed E-state index contributed by atoms with van der Waals surface area (Å²) in [6, 6.07) is 8.54. The highest BCUT2D eigenvalue weighted by atomic mass is 35.5. The summed E-state index contributed by atoms with van der Waals surface area (Å²) < 4.78 is 18.8. The van der Waals surface area contributed by atoms with Gasteiger partial charge in [0.1, 0.15) is 11.6 Å². The lowest BCUT2D eigenvalue weighted by Gasteiger charge is -2.26. The van der Waals surface area contributed by atoms with Crippen molar-refractivity contribution in [2.45, 2.75) is 6.10 Å². The molecule has 3 nitrogen and oxygen atoms in total. The Balaban J connectivity index is 2.13. The Labute approximate surface area is 135 Å². The lowest BCUT2D eigenvalue weighted by Crippen LogP contribution is -2.20. The van der Waals surface area contributed by atoms with E-state index in [2.05, 4.69) is 0 Å². The maximum absolute atomic E-state index is 13.0. The fourth-order valence-electron chi connectivity index (χ4n) is 2.30. The number of benzene rings is 2. The molecule has 3 rings (SSSR count). The zero-order valence-corrected chi connectivity index (χ0v) is 12.5. The Hall–Kier alpha value is -2.04. The van der Waals surface area contributed by atoms with E-state index >= 15 is 0 Å². The number of aliphatic carboxylic acids is 1. The highest BCUT2D eigenvalue weighted by Gasteiger charge is 2.30. The summed E-state index contributed by atoms with van der Waals surface area (Å²) in [6.07, 6.45) is 0.594. The molecule has 0 saturated heterocycles. The Morgan fingerprint density at radius 2 is 1.86 bits per heavy atom. The molecule has 0 fully saturated rings. The van der Waals surface area contributed by atoms with Crippen LogP contribution < -0.4 is 4.74 Å². The number of hydrogen-bond donors (Lipinski definition) is 1. The molecule has 0 aromatic heterocycles. The van der Waals surface area contributed by atoms with Crippen molar-refractivity contribution in [2.75, 3.05) is 0 Å². The van der Waals surface area contributed by atoms with E-state index < -0.39 is 17.9 Å². The maximum atomic E-state index is 13.0. The predicted octanol–water partition coefficient (Wildman–Crippen LogP) is 4.73. The minimum Gasteiger partial charge on any atom is -0.479 e. The summed E-state index contributed by atoms with van der Waals surface area (Å²) >= 11 is 12.0. The molecule has 112 valence electrons. The number of ether oxygens (including phenoxy) is 1. The molecule has 0 spiro atoms. The number of hydrogen-bond acceptors (Lipinski definition) is 2. The third-order valence-corrected chi connectivity index (χ3v) is 3.78. The lowest BCUT2D eigenvalue weighted by atomic mass is 9.96. The van der Waals surface area contributed by atoms with E-state index in [-0.39, 0.29) is 10.6 Å². The predicted molar refractivity (Wildman–Crippen MR) is 81.8 cm³/mol. The Morgan fingerprint density at radius 1 is 1.18 bits per heavy atom. The minimum absolute atomic E-state index is 0.0254. The van der Waals surface area contributed by atoms with Crippen LogP contribution >= 0.6 is 23.2 Å². The van der Waals surface area contributed by atoms with Gasteiger partial charge in [-0.2, -0.15) is 0 Å². The smallest absolute Gasteiger partial charge is 0.335 e. The zero-order chi connectivity index (χ0) is 15.9. The molecule has 2 aromatic rings. The van der Waals surface area contributed by atoms with Crippen LogP contribution in [0.1, 0.15) is 17.2 Å². The van der Waals surface area contributed by atoms with Crippen molar-refractivity contribution in [1.29, 1.82) is 0 Å². The number of carboxylic acid groups (broad SMARTS) is 1. The van der Waals surface area contributed by atoms with Crippen molar-refractivity contribution >= 4 is 35.2 Å². The van der Waals surface area contributed by atoms with Gasteiger partial charge in [-0.3, -0.25) is 0 Å². The second-order valence-electron chi connectivity index (χ2n) is 4.76. The van der Waals surface area contributed by atoms with E-state index in [1.54, 1.807) is 6.07 Å². The van der Waals surface area contributed by atoms with Gasteiger partial charge < -0.3 is 9.84 Å². The molecule has 1 atom stereocenters. The topological polar surface area (TPSA) is 46.5 Å². The summed E-state index contributed by atoms with van der Waals surface area (Å²) in [5, 5.41) is 10.1. The van der Waals surface area contributed by atoms with Crippen LogP contribution in [0.3, 0.4) is 0 Å². The first-order valence-electron chi connectivity index (χ1n) is 6.32. The van der Waals surface area contributed by atoms with Crippen LogP contribution in [0.4, 0.5) is 4.39 Å². The minimum atomic E-state index is -1.13. The number of carbonyl (C=O) groups is 1. The monoisotopic (exact) mass is 338 g/mol. The molecule has 0 amide bonds. The fourth-order valence-corrected chi connectivity index (χ4v) is 2.85. The molecule has 0 saturated carbocycles. The van der Waals surface area contributed by atoms with Crippen molar-refractivity contribution in [2.24, 2.45) is 0 Å². The van der Waals surface area contributed by atoms with Crippen molar-refractivity contribution < 1.29 is 19.0 Å². The van der Waals surface area contributed by atoms with E-state index in [1.807, 2.05) is 0 Å². The van der Waals surface area contributed by atoms with Gasteiger partial charge in [0.15, 0.2) is 6.10 Å². The van der Waals surface area contributed by atoms with Gasteiger partial charge in [0.25, 0.3) is 0 Å². The van der Waals surface area contributed by atoms with E-state index in [0.717, 1.165) is 0 Å². The third-order valence-electron chi connectivity index (χ3n) is 3.29. The average molecular weight is 339 g/mol. The quantitative estimate of drug-likeness (QED) is 0.860. The average Bonchev–Trinajstić information content (AvgIpc) is 2.47. The molecule has 2 aromatic carbocycles. The number of fused-ring (bicyclic) bond motifs is 1.